The summed E-state index contributed by atoms with van der Waals surface area (Å²) in [4.78, 5) is 20.3. The van der Waals surface area contributed by atoms with E-state index in [0.717, 1.165) is 34.8 Å². The molecule has 5 aromatic rings. The molecule has 0 aliphatic rings. The number of anilines is 2. The molecule has 0 radical (unpaired) electrons. The van der Waals surface area contributed by atoms with E-state index in [1.54, 1.807) is 24.3 Å². The first kappa shape index (κ1) is 26.3. The summed E-state index contributed by atoms with van der Waals surface area (Å²) < 4.78 is 67.0. The van der Waals surface area contributed by atoms with Crippen molar-refractivity contribution in [3.05, 3.63) is 107 Å². The number of halogens is 4. The Morgan fingerprint density at radius 1 is 0.897 bits per heavy atom. The number of alkyl halides is 3. The highest BCUT2D eigenvalue weighted by atomic mass is 35.5. The lowest BCUT2D eigenvalue weighted by atomic mass is 10.1. The number of hydrogen-bond acceptors (Lipinski definition) is 4. The number of imidazole rings is 1. The van der Waals surface area contributed by atoms with Crippen LogP contribution in [0.4, 0.5) is 24.5 Å². The molecule has 5 rings (SSSR count). The van der Waals surface area contributed by atoms with Crippen LogP contribution in [-0.2, 0) is 16.2 Å². The largest absolute Gasteiger partial charge is 0.416 e. The van der Waals surface area contributed by atoms with E-state index in [1.165, 1.54) is 18.2 Å². The first-order valence-corrected chi connectivity index (χ1v) is 13.2. The Balaban J connectivity index is 1.32. The minimum absolute atomic E-state index is 0.0226. The van der Waals surface area contributed by atoms with Gasteiger partial charge in [0.1, 0.15) is 5.82 Å². The fourth-order valence-corrected chi connectivity index (χ4v) is 5.13. The number of aromatic amines is 1. The molecule has 0 spiro atoms. The molecule has 7 nitrogen and oxygen atoms in total. The van der Waals surface area contributed by atoms with Crippen LogP contribution in [0.1, 0.15) is 15.9 Å². The SMILES string of the molecule is O=C(Nc1ccc(-c2nc3ccccc3[nH]2)cc1)c1cccc(S(=O)(=O)Nc2cc(C(F)(F)F)ccc2Cl)c1. The molecule has 0 atom stereocenters. The molecular formula is C27H18ClF3N4O3S. The van der Waals surface area contributed by atoms with Gasteiger partial charge in [-0.3, -0.25) is 9.52 Å². The summed E-state index contributed by atoms with van der Waals surface area (Å²) in [6.45, 7) is 0. The molecule has 0 aliphatic carbocycles. The van der Waals surface area contributed by atoms with Crippen LogP contribution in [0.15, 0.2) is 95.9 Å². The van der Waals surface area contributed by atoms with E-state index in [4.69, 9.17) is 11.6 Å². The van der Waals surface area contributed by atoms with E-state index < -0.39 is 33.4 Å². The summed E-state index contributed by atoms with van der Waals surface area (Å²) in [6.07, 6.45) is -4.69. The second-order valence-corrected chi connectivity index (χ2v) is 10.5. The van der Waals surface area contributed by atoms with Gasteiger partial charge < -0.3 is 10.3 Å². The minimum Gasteiger partial charge on any atom is -0.338 e. The van der Waals surface area contributed by atoms with Gasteiger partial charge in [0.25, 0.3) is 15.9 Å². The van der Waals surface area contributed by atoms with Gasteiger partial charge in [-0.25, -0.2) is 13.4 Å². The van der Waals surface area contributed by atoms with Gasteiger partial charge >= 0.3 is 6.18 Å². The number of nitrogens with zero attached hydrogens (tertiary/aromatic N) is 1. The molecule has 4 aromatic carbocycles. The van der Waals surface area contributed by atoms with Crippen molar-refractivity contribution in [1.29, 1.82) is 0 Å². The van der Waals surface area contributed by atoms with E-state index in [0.29, 0.717) is 17.6 Å². The van der Waals surface area contributed by atoms with Crippen LogP contribution >= 0.6 is 11.6 Å². The summed E-state index contributed by atoms with van der Waals surface area (Å²) >= 11 is 5.92. The Morgan fingerprint density at radius 3 is 2.36 bits per heavy atom. The molecule has 0 aliphatic heterocycles. The van der Waals surface area contributed by atoms with Crippen LogP contribution < -0.4 is 10.0 Å². The number of benzene rings is 4. The normalized spacial score (nSPS) is 11.9. The van der Waals surface area contributed by atoms with Crippen molar-refractivity contribution >= 4 is 49.9 Å². The molecule has 3 N–H and O–H groups in total. The molecule has 0 unspecified atom stereocenters. The van der Waals surface area contributed by atoms with Gasteiger partial charge in [0, 0.05) is 16.8 Å². The zero-order valence-corrected chi connectivity index (χ0v) is 21.3. The van der Waals surface area contributed by atoms with Crippen molar-refractivity contribution in [3.63, 3.8) is 0 Å². The predicted octanol–water partition coefficient (Wildman–Crippen LogP) is 6.96. The Labute approximate surface area is 225 Å². The Morgan fingerprint density at radius 2 is 1.64 bits per heavy atom. The summed E-state index contributed by atoms with van der Waals surface area (Å²) in [6, 6.07) is 21.9. The van der Waals surface area contributed by atoms with Gasteiger partial charge in [0.05, 0.1) is 32.2 Å². The maximum Gasteiger partial charge on any atom is 0.416 e. The first-order chi connectivity index (χ1) is 18.5. The predicted molar refractivity (Wildman–Crippen MR) is 143 cm³/mol. The zero-order valence-electron chi connectivity index (χ0n) is 19.8. The van der Waals surface area contributed by atoms with E-state index in [-0.39, 0.29) is 15.5 Å². The van der Waals surface area contributed by atoms with Crippen LogP contribution in [0.5, 0.6) is 0 Å². The number of rotatable bonds is 6. The number of nitrogens with one attached hydrogen (secondary N) is 3. The van der Waals surface area contributed by atoms with Gasteiger partial charge in [-0.2, -0.15) is 13.2 Å². The third-order valence-electron chi connectivity index (χ3n) is 5.75. The number of hydrogen-bond donors (Lipinski definition) is 3. The smallest absolute Gasteiger partial charge is 0.338 e. The van der Waals surface area contributed by atoms with Crippen LogP contribution in [0.2, 0.25) is 5.02 Å². The summed E-state index contributed by atoms with van der Waals surface area (Å²) in [5, 5.41) is 2.48. The van der Waals surface area contributed by atoms with Crippen molar-refractivity contribution in [3.8, 4) is 11.4 Å². The number of H-pyrrole nitrogens is 1. The second kappa shape index (κ2) is 10.1. The van der Waals surface area contributed by atoms with Crippen molar-refractivity contribution in [2.75, 3.05) is 10.0 Å². The molecule has 0 bridgehead atoms. The fraction of sp³-hybridized carbons (Fsp3) is 0.0370. The highest BCUT2D eigenvalue weighted by Gasteiger charge is 2.31. The van der Waals surface area contributed by atoms with Gasteiger partial charge in [-0.1, -0.05) is 29.8 Å². The Kier molecular flexibility index (Phi) is 6.79. The number of carbonyl (C=O) groups is 1. The number of fused-ring (bicyclic) bond motifs is 1. The lowest BCUT2D eigenvalue weighted by Crippen LogP contribution is -2.16. The van der Waals surface area contributed by atoms with Crippen molar-refractivity contribution in [1.82, 2.24) is 9.97 Å². The van der Waals surface area contributed by atoms with Crippen molar-refractivity contribution < 1.29 is 26.4 Å². The average Bonchev–Trinajstić information content (AvgIpc) is 3.34. The number of aromatic nitrogens is 2. The number of sulfonamides is 1. The van der Waals surface area contributed by atoms with Crippen LogP contribution in [0, 0.1) is 0 Å². The first-order valence-electron chi connectivity index (χ1n) is 11.4. The molecule has 39 heavy (non-hydrogen) atoms. The lowest BCUT2D eigenvalue weighted by Gasteiger charge is -2.13. The summed E-state index contributed by atoms with van der Waals surface area (Å²) in [5.74, 6) is 0.0843. The molecule has 1 aromatic heterocycles. The van der Waals surface area contributed by atoms with Crippen molar-refractivity contribution in [2.24, 2.45) is 0 Å². The third kappa shape index (κ3) is 5.74. The van der Waals surface area contributed by atoms with E-state index >= 15 is 0 Å². The Bertz CT molecular complexity index is 1770. The minimum atomic E-state index is -4.69. The summed E-state index contributed by atoms with van der Waals surface area (Å²) in [5.41, 5.74) is 1.50. The van der Waals surface area contributed by atoms with Gasteiger partial charge in [-0.05, 0) is 72.8 Å². The second-order valence-electron chi connectivity index (χ2n) is 8.46. The zero-order chi connectivity index (χ0) is 27.8. The summed E-state index contributed by atoms with van der Waals surface area (Å²) in [7, 11) is -4.37. The molecule has 0 fully saturated rings. The molecule has 12 heteroatoms. The standard InChI is InChI=1S/C27H18ClF3N4O3S/c28-21-13-10-18(27(29,30)31)15-24(21)35-39(37,38)20-5-3-4-17(14-20)26(36)32-19-11-8-16(9-12-19)25-33-22-6-1-2-7-23(22)34-25/h1-15,35H,(H,32,36)(H,33,34). The molecule has 0 saturated heterocycles. The van der Waals surface area contributed by atoms with E-state index in [1.807, 2.05) is 24.3 Å². The number of carbonyl (C=O) groups excluding carboxylic acids is 1. The maximum atomic E-state index is 13.1. The third-order valence-corrected chi connectivity index (χ3v) is 7.44. The van der Waals surface area contributed by atoms with E-state index in [9.17, 15) is 26.4 Å². The highest BCUT2D eigenvalue weighted by Crippen LogP contribution is 2.34. The van der Waals surface area contributed by atoms with Crippen molar-refractivity contribution in [2.45, 2.75) is 11.1 Å². The number of amides is 1. The molecular weight excluding hydrogens is 553 g/mol. The van der Waals surface area contributed by atoms with Crippen LogP contribution in [0.3, 0.4) is 0 Å². The fourth-order valence-electron chi connectivity index (χ4n) is 3.79. The Hall–Kier alpha value is -4.35. The van der Waals surface area contributed by atoms with E-state index in [2.05, 4.69) is 20.0 Å². The van der Waals surface area contributed by atoms with Gasteiger partial charge in [0.2, 0.25) is 0 Å². The van der Waals surface area contributed by atoms with Crippen LogP contribution in [-0.4, -0.2) is 24.3 Å². The molecule has 1 amide bonds. The number of para-hydroxylation sites is 2. The molecule has 1 heterocycles. The highest BCUT2D eigenvalue weighted by molar-refractivity contribution is 7.92. The molecule has 198 valence electrons. The van der Waals surface area contributed by atoms with Gasteiger partial charge in [-0.15, -0.1) is 0 Å². The monoisotopic (exact) mass is 570 g/mol. The maximum absolute atomic E-state index is 13.1. The average molecular weight is 571 g/mol. The lowest BCUT2D eigenvalue weighted by molar-refractivity contribution is -0.137. The van der Waals surface area contributed by atoms with Gasteiger partial charge in [0.15, 0.2) is 0 Å². The topological polar surface area (TPSA) is 104 Å². The quantitative estimate of drug-likeness (QED) is 0.205. The molecule has 0 saturated carbocycles. The van der Waals surface area contributed by atoms with Crippen LogP contribution in [0.25, 0.3) is 22.4 Å².